The van der Waals surface area contributed by atoms with E-state index in [-0.39, 0.29) is 18.6 Å². The summed E-state index contributed by atoms with van der Waals surface area (Å²) in [4.78, 5) is 25.6. The molecular weight excluding hydrogens is 218 g/mol. The Hall–Kier alpha value is -2.10. The second-order valence-corrected chi connectivity index (χ2v) is 4.55. The standard InChI is InChI=1S/C13H11NO3/c15-9-6-13(7-9,12(16)17)11-5-8-3-1-2-4-10(8)14-11/h1-5,14H,6-7H2,(H,16,17). The van der Waals surface area contributed by atoms with Gasteiger partial charge in [0.25, 0.3) is 0 Å². The van der Waals surface area contributed by atoms with Crippen molar-refractivity contribution < 1.29 is 14.7 Å². The van der Waals surface area contributed by atoms with Crippen LogP contribution in [0.25, 0.3) is 10.9 Å². The maximum atomic E-state index is 11.4. The van der Waals surface area contributed by atoms with Crippen molar-refractivity contribution in [2.45, 2.75) is 18.3 Å². The van der Waals surface area contributed by atoms with Gasteiger partial charge in [-0.15, -0.1) is 0 Å². The highest BCUT2D eigenvalue weighted by molar-refractivity contribution is 6.02. The molecule has 0 bridgehead atoms. The predicted molar refractivity (Wildman–Crippen MR) is 61.9 cm³/mol. The maximum Gasteiger partial charge on any atom is 0.316 e. The highest BCUT2D eigenvalue weighted by Gasteiger charge is 2.52. The Morgan fingerprint density at radius 1 is 1.29 bits per heavy atom. The van der Waals surface area contributed by atoms with Gasteiger partial charge in [-0.1, -0.05) is 18.2 Å². The molecule has 1 saturated carbocycles. The van der Waals surface area contributed by atoms with Crippen LogP contribution < -0.4 is 0 Å². The molecule has 0 amide bonds. The van der Waals surface area contributed by atoms with E-state index >= 15 is 0 Å². The Morgan fingerprint density at radius 3 is 2.59 bits per heavy atom. The van der Waals surface area contributed by atoms with Crippen LogP contribution in [0.3, 0.4) is 0 Å². The predicted octanol–water partition coefficient (Wildman–Crippen LogP) is 1.85. The lowest BCUT2D eigenvalue weighted by molar-refractivity contribution is -0.153. The van der Waals surface area contributed by atoms with Gasteiger partial charge in [0.05, 0.1) is 0 Å². The zero-order chi connectivity index (χ0) is 12.0. The summed E-state index contributed by atoms with van der Waals surface area (Å²) < 4.78 is 0. The first-order valence-electron chi connectivity index (χ1n) is 5.45. The Morgan fingerprint density at radius 2 is 2.00 bits per heavy atom. The minimum absolute atomic E-state index is 0.00561. The summed E-state index contributed by atoms with van der Waals surface area (Å²) >= 11 is 0. The molecule has 86 valence electrons. The van der Waals surface area contributed by atoms with Crippen LogP contribution in [-0.4, -0.2) is 21.8 Å². The van der Waals surface area contributed by atoms with E-state index in [1.165, 1.54) is 0 Å². The van der Waals surface area contributed by atoms with E-state index < -0.39 is 11.4 Å². The average Bonchev–Trinajstić information content (AvgIpc) is 2.67. The Balaban J connectivity index is 2.13. The van der Waals surface area contributed by atoms with E-state index in [9.17, 15) is 14.7 Å². The smallest absolute Gasteiger partial charge is 0.316 e. The van der Waals surface area contributed by atoms with Crippen LogP contribution in [0.15, 0.2) is 30.3 Å². The van der Waals surface area contributed by atoms with Crippen LogP contribution in [0, 0.1) is 0 Å². The highest BCUT2D eigenvalue weighted by atomic mass is 16.4. The van der Waals surface area contributed by atoms with Gasteiger partial charge < -0.3 is 10.1 Å². The lowest BCUT2D eigenvalue weighted by atomic mass is 9.66. The van der Waals surface area contributed by atoms with E-state index in [1.54, 1.807) is 0 Å². The van der Waals surface area contributed by atoms with Gasteiger partial charge in [-0.3, -0.25) is 9.59 Å². The summed E-state index contributed by atoms with van der Waals surface area (Å²) in [5.41, 5.74) is 0.504. The molecule has 1 aromatic heterocycles. The fourth-order valence-electron chi connectivity index (χ4n) is 2.41. The number of carbonyl (C=O) groups excluding carboxylic acids is 1. The van der Waals surface area contributed by atoms with E-state index in [0.29, 0.717) is 5.69 Å². The zero-order valence-electron chi connectivity index (χ0n) is 9.06. The number of rotatable bonds is 2. The van der Waals surface area contributed by atoms with Crippen molar-refractivity contribution in [3.63, 3.8) is 0 Å². The second-order valence-electron chi connectivity index (χ2n) is 4.55. The number of carboxylic acids is 1. The quantitative estimate of drug-likeness (QED) is 0.825. The fourth-order valence-corrected chi connectivity index (χ4v) is 2.41. The molecule has 0 radical (unpaired) electrons. The number of ketones is 1. The van der Waals surface area contributed by atoms with Crippen LogP contribution in [0.1, 0.15) is 18.5 Å². The molecule has 0 saturated heterocycles. The van der Waals surface area contributed by atoms with Gasteiger partial charge in [-0.25, -0.2) is 0 Å². The average molecular weight is 229 g/mol. The van der Waals surface area contributed by atoms with Gasteiger partial charge >= 0.3 is 5.97 Å². The summed E-state index contributed by atoms with van der Waals surface area (Å²) in [6.45, 7) is 0. The number of fused-ring (bicyclic) bond motifs is 1. The van der Waals surface area contributed by atoms with Gasteiger partial charge in [-0.2, -0.15) is 0 Å². The number of nitrogens with one attached hydrogen (secondary N) is 1. The molecule has 17 heavy (non-hydrogen) atoms. The molecule has 4 nitrogen and oxygen atoms in total. The largest absolute Gasteiger partial charge is 0.481 e. The van der Waals surface area contributed by atoms with Crippen LogP contribution in [0.4, 0.5) is 0 Å². The number of aromatic amines is 1. The molecular formula is C13H11NO3. The minimum atomic E-state index is -1.03. The molecule has 2 aromatic rings. The first kappa shape index (κ1) is 10.1. The van der Waals surface area contributed by atoms with E-state index in [0.717, 1.165) is 10.9 Å². The van der Waals surface area contributed by atoms with Crippen molar-refractivity contribution in [3.8, 4) is 0 Å². The monoisotopic (exact) mass is 229 g/mol. The molecule has 1 aliphatic carbocycles. The zero-order valence-corrected chi connectivity index (χ0v) is 9.06. The number of aromatic nitrogens is 1. The van der Waals surface area contributed by atoms with Crippen LogP contribution in [0.2, 0.25) is 0 Å². The van der Waals surface area contributed by atoms with Crippen molar-refractivity contribution in [2.24, 2.45) is 0 Å². The number of benzene rings is 1. The molecule has 1 fully saturated rings. The normalized spacial score (nSPS) is 18.0. The molecule has 1 heterocycles. The Bertz CT molecular complexity index is 585. The number of carboxylic acid groups (broad SMARTS) is 1. The van der Waals surface area contributed by atoms with Gasteiger partial charge in [0.15, 0.2) is 0 Å². The minimum Gasteiger partial charge on any atom is -0.481 e. The third-order valence-electron chi connectivity index (χ3n) is 3.45. The number of carbonyl (C=O) groups is 2. The number of para-hydroxylation sites is 1. The first-order chi connectivity index (χ1) is 8.12. The van der Waals surface area contributed by atoms with Gasteiger partial charge in [-0.05, 0) is 17.5 Å². The number of hydrogen-bond acceptors (Lipinski definition) is 2. The van der Waals surface area contributed by atoms with Crippen molar-refractivity contribution in [3.05, 3.63) is 36.0 Å². The summed E-state index contributed by atoms with van der Waals surface area (Å²) in [5.74, 6) is -0.922. The van der Waals surface area contributed by atoms with Gasteiger partial charge in [0, 0.05) is 24.1 Å². The molecule has 1 aromatic carbocycles. The highest BCUT2D eigenvalue weighted by Crippen LogP contribution is 2.42. The number of Topliss-reactive ketones (excluding diaryl/α,β-unsaturated/α-hetero) is 1. The lowest BCUT2D eigenvalue weighted by Gasteiger charge is -2.35. The Labute approximate surface area is 97.3 Å². The molecule has 2 N–H and O–H groups in total. The maximum absolute atomic E-state index is 11.4. The molecule has 1 aliphatic rings. The molecule has 0 atom stereocenters. The molecule has 0 unspecified atom stereocenters. The van der Waals surface area contributed by atoms with Crippen molar-refractivity contribution in [2.75, 3.05) is 0 Å². The summed E-state index contributed by atoms with van der Waals surface area (Å²) in [7, 11) is 0. The van der Waals surface area contributed by atoms with E-state index in [2.05, 4.69) is 4.98 Å². The fraction of sp³-hybridized carbons (Fsp3) is 0.231. The second kappa shape index (κ2) is 3.20. The van der Waals surface area contributed by atoms with Gasteiger partial charge in [0.1, 0.15) is 11.2 Å². The summed E-state index contributed by atoms with van der Waals surface area (Å²) in [6, 6.07) is 9.44. The van der Waals surface area contributed by atoms with Gasteiger partial charge in [0.2, 0.25) is 0 Å². The van der Waals surface area contributed by atoms with Crippen LogP contribution in [-0.2, 0) is 15.0 Å². The lowest BCUT2D eigenvalue weighted by Crippen LogP contribution is -2.48. The molecule has 3 rings (SSSR count). The van der Waals surface area contributed by atoms with E-state index in [4.69, 9.17) is 0 Å². The SMILES string of the molecule is O=C1CC(C(=O)O)(c2cc3ccccc3[nH]2)C1. The third-order valence-corrected chi connectivity index (χ3v) is 3.45. The number of H-pyrrole nitrogens is 1. The van der Waals surface area contributed by atoms with Crippen molar-refractivity contribution in [1.29, 1.82) is 0 Å². The third kappa shape index (κ3) is 1.30. The van der Waals surface area contributed by atoms with E-state index in [1.807, 2.05) is 30.3 Å². The molecule has 0 spiro atoms. The molecule has 0 aliphatic heterocycles. The Kier molecular flexibility index (Phi) is 1.90. The van der Waals surface area contributed by atoms with Crippen LogP contribution in [0.5, 0.6) is 0 Å². The summed E-state index contributed by atoms with van der Waals surface area (Å²) in [5, 5.41) is 10.3. The van der Waals surface area contributed by atoms with Crippen molar-refractivity contribution >= 4 is 22.7 Å². The van der Waals surface area contributed by atoms with Crippen LogP contribution >= 0.6 is 0 Å². The van der Waals surface area contributed by atoms with Crippen molar-refractivity contribution in [1.82, 2.24) is 4.98 Å². The number of aliphatic carboxylic acids is 1. The first-order valence-corrected chi connectivity index (χ1v) is 5.45. The topological polar surface area (TPSA) is 70.2 Å². The number of hydrogen-bond donors (Lipinski definition) is 2. The molecule has 4 heteroatoms. The summed E-state index contributed by atoms with van der Waals surface area (Å²) in [6.07, 6.45) is 0.185.